The van der Waals surface area contributed by atoms with Gasteiger partial charge in [0, 0.05) is 6.92 Å². The molecular formula is C11H12N4O4. The van der Waals surface area contributed by atoms with Gasteiger partial charge < -0.3 is 11.1 Å². The highest BCUT2D eigenvalue weighted by molar-refractivity contribution is 6.34. The van der Waals surface area contributed by atoms with Crippen molar-refractivity contribution in [2.24, 2.45) is 5.73 Å². The minimum absolute atomic E-state index is 0.127. The number of primary amides is 1. The number of amides is 4. The summed E-state index contributed by atoms with van der Waals surface area (Å²) in [6.45, 7) is 1.30. The van der Waals surface area contributed by atoms with Crippen LogP contribution in [0.5, 0.6) is 0 Å². The molecule has 8 nitrogen and oxygen atoms in total. The summed E-state index contributed by atoms with van der Waals surface area (Å²) in [5.74, 6) is -3.42. The van der Waals surface area contributed by atoms with Gasteiger partial charge in [0.05, 0.1) is 11.3 Å². The van der Waals surface area contributed by atoms with Gasteiger partial charge in [-0.15, -0.1) is 0 Å². The topological polar surface area (TPSA) is 130 Å². The Labute approximate surface area is 108 Å². The standard InChI is InChI=1S/C11H12N4O4/c1-6(16)13-8-5-3-2-4-7(8)10(18)14-15-11(19)9(12)17/h2-5H,1H3,(H2,12,17)(H,13,16)(H,14,18)(H,15,19). The monoisotopic (exact) mass is 264 g/mol. The quantitative estimate of drug-likeness (QED) is 0.398. The Morgan fingerprint density at radius 3 is 2.26 bits per heavy atom. The van der Waals surface area contributed by atoms with Crippen LogP contribution in [0.15, 0.2) is 24.3 Å². The molecule has 0 aliphatic rings. The molecule has 0 bridgehead atoms. The molecule has 100 valence electrons. The third kappa shape index (κ3) is 4.11. The molecule has 4 amide bonds. The summed E-state index contributed by atoms with van der Waals surface area (Å²) in [5.41, 5.74) is 8.94. The molecule has 0 spiro atoms. The molecule has 0 fully saturated rings. The molecule has 0 radical (unpaired) electrons. The van der Waals surface area contributed by atoms with E-state index in [0.29, 0.717) is 0 Å². The van der Waals surface area contributed by atoms with E-state index in [-0.39, 0.29) is 17.2 Å². The second kappa shape index (κ2) is 6.15. The summed E-state index contributed by atoms with van der Waals surface area (Å²) >= 11 is 0. The van der Waals surface area contributed by atoms with Crippen molar-refractivity contribution in [2.75, 3.05) is 5.32 Å². The summed E-state index contributed by atoms with van der Waals surface area (Å²) in [6, 6.07) is 6.17. The Bertz CT molecular complexity index is 541. The maximum Gasteiger partial charge on any atom is 0.327 e. The summed E-state index contributed by atoms with van der Waals surface area (Å²) in [7, 11) is 0. The molecular weight excluding hydrogens is 252 g/mol. The van der Waals surface area contributed by atoms with E-state index in [9.17, 15) is 19.2 Å². The lowest BCUT2D eigenvalue weighted by Gasteiger charge is -2.10. The second-order valence-electron chi connectivity index (χ2n) is 3.50. The van der Waals surface area contributed by atoms with Gasteiger partial charge in [-0.25, -0.2) is 0 Å². The molecule has 0 atom stereocenters. The predicted octanol–water partition coefficient (Wildman–Crippen LogP) is -1.11. The van der Waals surface area contributed by atoms with Crippen LogP contribution in [0, 0.1) is 0 Å². The van der Waals surface area contributed by atoms with Crippen LogP contribution in [0.25, 0.3) is 0 Å². The number of benzene rings is 1. The number of nitrogens with one attached hydrogen (secondary N) is 3. The van der Waals surface area contributed by atoms with Crippen LogP contribution in [0.3, 0.4) is 0 Å². The number of carbonyl (C=O) groups is 4. The van der Waals surface area contributed by atoms with Crippen molar-refractivity contribution in [1.29, 1.82) is 0 Å². The Morgan fingerprint density at radius 1 is 1.05 bits per heavy atom. The van der Waals surface area contributed by atoms with E-state index in [2.05, 4.69) is 5.32 Å². The van der Waals surface area contributed by atoms with Crippen LogP contribution in [0.1, 0.15) is 17.3 Å². The van der Waals surface area contributed by atoms with Crippen LogP contribution in [-0.4, -0.2) is 23.6 Å². The molecule has 1 rings (SSSR count). The minimum Gasteiger partial charge on any atom is -0.361 e. The molecule has 8 heteroatoms. The van der Waals surface area contributed by atoms with Gasteiger partial charge in [0.2, 0.25) is 5.91 Å². The van der Waals surface area contributed by atoms with Crippen molar-refractivity contribution in [3.8, 4) is 0 Å². The summed E-state index contributed by atoms with van der Waals surface area (Å²) in [4.78, 5) is 44.0. The van der Waals surface area contributed by atoms with Crippen molar-refractivity contribution in [1.82, 2.24) is 10.9 Å². The molecule has 5 N–H and O–H groups in total. The molecule has 0 heterocycles. The van der Waals surface area contributed by atoms with Gasteiger partial charge in [0.1, 0.15) is 0 Å². The molecule has 0 aliphatic carbocycles. The summed E-state index contributed by atoms with van der Waals surface area (Å²) in [5, 5.41) is 2.46. The third-order valence-electron chi connectivity index (χ3n) is 2.00. The van der Waals surface area contributed by atoms with Crippen LogP contribution < -0.4 is 21.9 Å². The molecule has 0 aromatic heterocycles. The maximum atomic E-state index is 11.7. The first-order valence-electron chi connectivity index (χ1n) is 5.18. The van der Waals surface area contributed by atoms with E-state index < -0.39 is 17.7 Å². The molecule has 1 aromatic carbocycles. The highest BCUT2D eigenvalue weighted by Crippen LogP contribution is 2.14. The number of para-hydroxylation sites is 1. The average molecular weight is 264 g/mol. The predicted molar refractivity (Wildman–Crippen MR) is 65.5 cm³/mol. The van der Waals surface area contributed by atoms with Crippen LogP contribution in [0.4, 0.5) is 5.69 Å². The number of carbonyl (C=O) groups excluding carboxylic acids is 4. The van der Waals surface area contributed by atoms with E-state index in [1.54, 1.807) is 12.1 Å². The Balaban J connectivity index is 2.79. The maximum absolute atomic E-state index is 11.7. The highest BCUT2D eigenvalue weighted by Gasteiger charge is 2.14. The van der Waals surface area contributed by atoms with Crippen molar-refractivity contribution in [2.45, 2.75) is 6.92 Å². The van der Waals surface area contributed by atoms with Gasteiger partial charge in [-0.05, 0) is 12.1 Å². The van der Waals surface area contributed by atoms with Crippen LogP contribution in [-0.2, 0) is 14.4 Å². The van der Waals surface area contributed by atoms with Crippen molar-refractivity contribution in [3.63, 3.8) is 0 Å². The lowest BCUT2D eigenvalue weighted by molar-refractivity contribution is -0.137. The first-order chi connectivity index (χ1) is 8.91. The summed E-state index contributed by atoms with van der Waals surface area (Å²) in [6.07, 6.45) is 0. The number of anilines is 1. The van der Waals surface area contributed by atoms with Crippen LogP contribution >= 0.6 is 0 Å². The van der Waals surface area contributed by atoms with Gasteiger partial charge in [0.15, 0.2) is 0 Å². The minimum atomic E-state index is -1.23. The zero-order chi connectivity index (χ0) is 14.4. The highest BCUT2D eigenvalue weighted by atomic mass is 16.2. The Hall–Kier alpha value is -2.90. The number of hydrogen-bond donors (Lipinski definition) is 4. The van der Waals surface area contributed by atoms with Gasteiger partial charge in [-0.3, -0.25) is 30.0 Å². The van der Waals surface area contributed by atoms with Gasteiger partial charge in [-0.1, -0.05) is 12.1 Å². The lowest BCUT2D eigenvalue weighted by Crippen LogP contribution is -2.47. The van der Waals surface area contributed by atoms with E-state index >= 15 is 0 Å². The fraction of sp³-hybridized carbons (Fsp3) is 0.0909. The van der Waals surface area contributed by atoms with E-state index in [4.69, 9.17) is 5.73 Å². The number of nitrogens with two attached hydrogens (primary N) is 1. The van der Waals surface area contributed by atoms with Crippen molar-refractivity contribution in [3.05, 3.63) is 29.8 Å². The first-order valence-corrected chi connectivity index (χ1v) is 5.18. The molecule has 19 heavy (non-hydrogen) atoms. The molecule has 1 aromatic rings. The normalized spacial score (nSPS) is 9.32. The molecule has 0 aliphatic heterocycles. The third-order valence-corrected chi connectivity index (χ3v) is 2.00. The molecule has 0 saturated heterocycles. The van der Waals surface area contributed by atoms with Crippen molar-refractivity contribution < 1.29 is 19.2 Å². The van der Waals surface area contributed by atoms with Gasteiger partial charge >= 0.3 is 11.8 Å². The second-order valence-corrected chi connectivity index (χ2v) is 3.50. The molecule has 0 saturated carbocycles. The zero-order valence-corrected chi connectivity index (χ0v) is 10.0. The first kappa shape index (κ1) is 14.2. The Morgan fingerprint density at radius 2 is 1.68 bits per heavy atom. The SMILES string of the molecule is CC(=O)Nc1ccccc1C(=O)NNC(=O)C(N)=O. The smallest absolute Gasteiger partial charge is 0.327 e. The van der Waals surface area contributed by atoms with E-state index in [1.165, 1.54) is 19.1 Å². The lowest BCUT2D eigenvalue weighted by atomic mass is 10.1. The number of rotatable bonds is 2. The number of hydrazine groups is 1. The average Bonchev–Trinajstić information content (AvgIpc) is 2.35. The molecule has 0 unspecified atom stereocenters. The van der Waals surface area contributed by atoms with Crippen LogP contribution in [0.2, 0.25) is 0 Å². The van der Waals surface area contributed by atoms with Crippen molar-refractivity contribution >= 4 is 29.3 Å². The van der Waals surface area contributed by atoms with E-state index in [1.807, 2.05) is 10.9 Å². The largest absolute Gasteiger partial charge is 0.361 e. The van der Waals surface area contributed by atoms with E-state index in [0.717, 1.165) is 0 Å². The fourth-order valence-electron chi connectivity index (χ4n) is 1.22. The van der Waals surface area contributed by atoms with Gasteiger partial charge in [-0.2, -0.15) is 0 Å². The zero-order valence-electron chi connectivity index (χ0n) is 10.0. The fourth-order valence-corrected chi connectivity index (χ4v) is 1.22. The Kier molecular flexibility index (Phi) is 4.58. The number of hydrogen-bond acceptors (Lipinski definition) is 4. The van der Waals surface area contributed by atoms with Gasteiger partial charge in [0.25, 0.3) is 5.91 Å². The summed E-state index contributed by atoms with van der Waals surface area (Å²) < 4.78 is 0.